The van der Waals surface area contributed by atoms with Gasteiger partial charge in [-0.25, -0.2) is 4.79 Å². The zero-order chi connectivity index (χ0) is 14.3. The molecule has 0 aliphatic carbocycles. The first kappa shape index (κ1) is 15.9. The molecule has 0 unspecified atom stereocenters. The normalized spacial score (nSPS) is 13.1. The van der Waals surface area contributed by atoms with Crippen molar-refractivity contribution in [3.05, 3.63) is 22.4 Å². The minimum atomic E-state index is -0.985. The monoisotopic (exact) mass is 286 g/mol. The lowest BCUT2D eigenvalue weighted by Gasteiger charge is -2.26. The van der Waals surface area contributed by atoms with Crippen LogP contribution in [0.1, 0.15) is 18.7 Å². The highest BCUT2D eigenvalue weighted by Crippen LogP contribution is 2.13. The third-order valence-corrected chi connectivity index (χ3v) is 3.75. The molecule has 1 aromatic heterocycles. The van der Waals surface area contributed by atoms with Crippen LogP contribution in [0.3, 0.4) is 0 Å². The third-order valence-electron chi connectivity index (χ3n) is 2.85. The highest BCUT2D eigenvalue weighted by atomic mass is 32.1. The van der Waals surface area contributed by atoms with Crippen LogP contribution in [-0.4, -0.2) is 41.5 Å². The third kappa shape index (κ3) is 5.59. The first-order chi connectivity index (χ1) is 8.99. The summed E-state index contributed by atoms with van der Waals surface area (Å²) in [5.41, 5.74) is -0.985. The van der Waals surface area contributed by atoms with Crippen molar-refractivity contribution in [2.75, 3.05) is 19.8 Å². The van der Waals surface area contributed by atoms with Crippen molar-refractivity contribution in [1.29, 1.82) is 0 Å². The van der Waals surface area contributed by atoms with Crippen LogP contribution in [0.15, 0.2) is 17.5 Å². The quantitative estimate of drug-likeness (QED) is 0.603. The lowest BCUT2D eigenvalue weighted by molar-refractivity contribution is 0.109. The molecule has 19 heavy (non-hydrogen) atoms. The van der Waals surface area contributed by atoms with E-state index in [9.17, 15) is 4.79 Å². The Balaban J connectivity index is 2.30. The summed E-state index contributed by atoms with van der Waals surface area (Å²) in [5, 5.41) is 25.5. The van der Waals surface area contributed by atoms with Crippen molar-refractivity contribution < 1.29 is 15.0 Å². The van der Waals surface area contributed by atoms with Gasteiger partial charge in [0.05, 0.1) is 18.8 Å². The molecule has 1 aromatic rings. The number of carbonyl (C=O) groups excluding carboxylic acids is 1. The molecule has 5 nitrogen and oxygen atoms in total. The maximum atomic E-state index is 11.6. The number of hydrogen-bond acceptors (Lipinski definition) is 4. The fraction of sp³-hybridized carbons (Fsp3) is 0.615. The maximum Gasteiger partial charge on any atom is 0.315 e. The van der Waals surface area contributed by atoms with E-state index in [0.29, 0.717) is 12.5 Å². The lowest BCUT2D eigenvalue weighted by atomic mass is 10.1. The number of rotatable bonds is 7. The molecule has 108 valence electrons. The van der Waals surface area contributed by atoms with Gasteiger partial charge in [0.15, 0.2) is 0 Å². The van der Waals surface area contributed by atoms with Crippen LogP contribution >= 0.6 is 11.3 Å². The highest BCUT2D eigenvalue weighted by molar-refractivity contribution is 7.09. The average Bonchev–Trinajstić information content (AvgIpc) is 2.89. The minimum Gasteiger partial charge on any atom is -0.394 e. The smallest absolute Gasteiger partial charge is 0.315 e. The first-order valence-electron chi connectivity index (χ1n) is 6.29. The van der Waals surface area contributed by atoms with Crippen molar-refractivity contribution in [1.82, 2.24) is 10.6 Å². The standard InChI is InChI=1S/C13H22N2O3S/c1-10(6-11-4-3-5-19-11)7-14-12(18)15-13(2,8-16)9-17/h3-5,10,16-17H,6-9H2,1-2H3,(H2,14,15,18)/t10-/m0/s1. The van der Waals surface area contributed by atoms with E-state index in [-0.39, 0.29) is 19.2 Å². The predicted octanol–water partition coefficient (Wildman–Crippen LogP) is 0.969. The van der Waals surface area contributed by atoms with E-state index in [1.807, 2.05) is 11.4 Å². The Morgan fingerprint density at radius 2 is 2.16 bits per heavy atom. The van der Waals surface area contributed by atoms with E-state index < -0.39 is 5.54 Å². The Kier molecular flexibility index (Phi) is 6.27. The number of carbonyl (C=O) groups is 1. The summed E-state index contributed by atoms with van der Waals surface area (Å²) in [6.45, 7) is 3.60. The number of amides is 2. The molecule has 0 radical (unpaired) electrons. The summed E-state index contributed by atoms with van der Waals surface area (Å²) in [6.07, 6.45) is 0.926. The number of aliphatic hydroxyl groups excluding tert-OH is 2. The molecule has 0 aliphatic rings. The van der Waals surface area contributed by atoms with Gasteiger partial charge in [-0.2, -0.15) is 0 Å². The summed E-state index contributed by atoms with van der Waals surface area (Å²) < 4.78 is 0. The summed E-state index contributed by atoms with van der Waals surface area (Å²) in [7, 11) is 0. The van der Waals surface area contributed by atoms with Crippen molar-refractivity contribution in [2.45, 2.75) is 25.8 Å². The maximum absolute atomic E-state index is 11.6. The van der Waals surface area contributed by atoms with Gasteiger partial charge in [-0.1, -0.05) is 13.0 Å². The van der Waals surface area contributed by atoms with E-state index in [0.717, 1.165) is 6.42 Å². The van der Waals surface area contributed by atoms with Crippen LogP contribution in [-0.2, 0) is 6.42 Å². The molecule has 1 atom stereocenters. The van der Waals surface area contributed by atoms with Crippen molar-refractivity contribution >= 4 is 17.4 Å². The van der Waals surface area contributed by atoms with E-state index in [1.54, 1.807) is 18.3 Å². The van der Waals surface area contributed by atoms with Gasteiger partial charge in [-0.15, -0.1) is 11.3 Å². The summed E-state index contributed by atoms with van der Waals surface area (Å²) in [5.74, 6) is 0.332. The van der Waals surface area contributed by atoms with E-state index >= 15 is 0 Å². The van der Waals surface area contributed by atoms with Crippen LogP contribution in [0.4, 0.5) is 4.79 Å². The Morgan fingerprint density at radius 1 is 1.47 bits per heavy atom. The van der Waals surface area contributed by atoms with Crippen LogP contribution in [0.2, 0.25) is 0 Å². The Hall–Kier alpha value is -1.11. The Labute approximate surface area is 117 Å². The molecule has 0 aliphatic heterocycles. The summed E-state index contributed by atoms with van der Waals surface area (Å²) in [4.78, 5) is 12.9. The topological polar surface area (TPSA) is 81.6 Å². The first-order valence-corrected chi connectivity index (χ1v) is 7.17. The fourth-order valence-electron chi connectivity index (χ4n) is 1.56. The van der Waals surface area contributed by atoms with Crippen LogP contribution in [0.5, 0.6) is 0 Å². The molecule has 1 rings (SSSR count). The molecule has 0 bridgehead atoms. The SMILES string of the molecule is C[C@H](CNC(=O)NC(C)(CO)CO)Cc1cccs1. The van der Waals surface area contributed by atoms with Gasteiger partial charge < -0.3 is 20.8 Å². The largest absolute Gasteiger partial charge is 0.394 e. The van der Waals surface area contributed by atoms with E-state index in [1.165, 1.54) is 4.88 Å². The molecule has 0 aromatic carbocycles. The molecule has 0 saturated carbocycles. The second-order valence-corrected chi connectivity index (χ2v) is 6.13. The second kappa shape index (κ2) is 7.47. The number of nitrogens with one attached hydrogen (secondary N) is 2. The van der Waals surface area contributed by atoms with Crippen molar-refractivity contribution in [2.24, 2.45) is 5.92 Å². The van der Waals surface area contributed by atoms with Crippen LogP contribution in [0.25, 0.3) is 0 Å². The minimum absolute atomic E-state index is 0.304. The molecule has 6 heteroatoms. The van der Waals surface area contributed by atoms with Gasteiger partial charge in [0.2, 0.25) is 0 Å². The number of urea groups is 1. The Bertz CT molecular complexity index is 377. The van der Waals surface area contributed by atoms with Crippen molar-refractivity contribution in [3.8, 4) is 0 Å². The zero-order valence-corrected chi connectivity index (χ0v) is 12.2. The molecule has 1 heterocycles. The summed E-state index contributed by atoms with van der Waals surface area (Å²) in [6, 6.07) is 3.72. The number of hydrogen-bond donors (Lipinski definition) is 4. The Morgan fingerprint density at radius 3 is 2.68 bits per heavy atom. The average molecular weight is 286 g/mol. The fourth-order valence-corrected chi connectivity index (χ4v) is 2.43. The van der Waals surface area contributed by atoms with E-state index in [2.05, 4.69) is 23.6 Å². The number of aliphatic hydroxyl groups is 2. The molecule has 0 fully saturated rings. The van der Waals surface area contributed by atoms with E-state index in [4.69, 9.17) is 10.2 Å². The number of thiophene rings is 1. The zero-order valence-electron chi connectivity index (χ0n) is 11.3. The molecule has 0 saturated heterocycles. The second-order valence-electron chi connectivity index (χ2n) is 5.10. The highest BCUT2D eigenvalue weighted by Gasteiger charge is 2.24. The molecule has 4 N–H and O–H groups in total. The lowest BCUT2D eigenvalue weighted by Crippen LogP contribution is -2.55. The van der Waals surface area contributed by atoms with Gasteiger partial charge >= 0.3 is 6.03 Å². The summed E-state index contributed by atoms with van der Waals surface area (Å²) >= 11 is 1.71. The molecule has 2 amide bonds. The van der Waals surface area contributed by atoms with Crippen LogP contribution < -0.4 is 10.6 Å². The van der Waals surface area contributed by atoms with Crippen molar-refractivity contribution in [3.63, 3.8) is 0 Å². The molecule has 0 spiro atoms. The van der Waals surface area contributed by atoms with Crippen LogP contribution in [0, 0.1) is 5.92 Å². The van der Waals surface area contributed by atoms with Gasteiger partial charge in [-0.05, 0) is 30.7 Å². The molecular formula is C13H22N2O3S. The van der Waals surface area contributed by atoms with Gasteiger partial charge in [0.1, 0.15) is 0 Å². The predicted molar refractivity (Wildman–Crippen MR) is 76.3 cm³/mol. The van der Waals surface area contributed by atoms with Gasteiger partial charge in [0.25, 0.3) is 0 Å². The molecular weight excluding hydrogens is 264 g/mol. The van der Waals surface area contributed by atoms with Gasteiger partial charge in [-0.3, -0.25) is 0 Å². The van der Waals surface area contributed by atoms with Gasteiger partial charge in [0, 0.05) is 11.4 Å².